The van der Waals surface area contributed by atoms with Crippen LogP contribution in [0.4, 0.5) is 4.39 Å². The Hall–Kier alpha value is -3.67. The van der Waals surface area contributed by atoms with E-state index in [0.29, 0.717) is 23.3 Å². The Morgan fingerprint density at radius 2 is 1.83 bits per heavy atom. The highest BCUT2D eigenvalue weighted by molar-refractivity contribution is 5.87. The average Bonchev–Trinajstić information content (AvgIpc) is 2.77. The van der Waals surface area contributed by atoms with Crippen LogP contribution in [0.1, 0.15) is 17.2 Å². The maximum atomic E-state index is 14.6. The highest BCUT2D eigenvalue weighted by Crippen LogP contribution is 2.32. The van der Waals surface area contributed by atoms with Crippen molar-refractivity contribution in [2.75, 3.05) is 14.2 Å². The van der Waals surface area contributed by atoms with Crippen LogP contribution in [-0.4, -0.2) is 31.4 Å². The molecule has 29 heavy (non-hydrogen) atoms. The molecule has 0 aliphatic heterocycles. The van der Waals surface area contributed by atoms with E-state index in [9.17, 15) is 9.18 Å². The highest BCUT2D eigenvalue weighted by Gasteiger charge is 2.17. The Labute approximate surface area is 169 Å². The molecule has 0 radical (unpaired) electrons. The van der Waals surface area contributed by atoms with Crippen molar-refractivity contribution in [1.29, 1.82) is 0 Å². The third-order valence-corrected chi connectivity index (χ3v) is 4.58. The van der Waals surface area contributed by atoms with Crippen LogP contribution in [0.5, 0.6) is 5.75 Å². The van der Waals surface area contributed by atoms with Crippen LogP contribution in [0.15, 0.2) is 77.8 Å². The van der Waals surface area contributed by atoms with Gasteiger partial charge in [0.05, 0.1) is 7.11 Å². The number of aliphatic imine (C=N–C) groups is 1. The number of carbonyl (C=O) groups is 1. The van der Waals surface area contributed by atoms with Gasteiger partial charge < -0.3 is 10.5 Å². The molecule has 3 aromatic carbocycles. The molecule has 1 amide bonds. The lowest BCUT2D eigenvalue weighted by atomic mass is 9.95. The molecule has 6 heteroatoms. The predicted octanol–water partition coefficient (Wildman–Crippen LogP) is 3.99. The Kier molecular flexibility index (Phi) is 6.24. The van der Waals surface area contributed by atoms with E-state index in [4.69, 9.17) is 10.5 Å². The molecule has 0 aliphatic carbocycles. The van der Waals surface area contributed by atoms with E-state index in [2.05, 4.69) is 4.99 Å². The zero-order chi connectivity index (χ0) is 20.8. The summed E-state index contributed by atoms with van der Waals surface area (Å²) in [6, 6.07) is 21.1. The molecule has 0 saturated carbocycles. The first-order valence-electron chi connectivity index (χ1n) is 9.03. The summed E-state index contributed by atoms with van der Waals surface area (Å²) in [6.07, 6.45) is 0.590. The standard InChI is InChI=1S/C23H22FN3O2/c1-27(15-28)23(25)26-22(16-7-4-3-5-8-16)18-11-12-21(24)20(14-18)17-9-6-10-19(13-17)29-2/h3-15,22H,1-2H3,(H2,25,26). The van der Waals surface area contributed by atoms with E-state index in [1.165, 1.54) is 18.0 Å². The molecule has 1 atom stereocenters. The quantitative estimate of drug-likeness (QED) is 0.392. The molecule has 0 saturated heterocycles. The van der Waals surface area contributed by atoms with Gasteiger partial charge >= 0.3 is 0 Å². The number of rotatable bonds is 6. The zero-order valence-corrected chi connectivity index (χ0v) is 16.2. The molecule has 3 aromatic rings. The van der Waals surface area contributed by atoms with Gasteiger partial charge in [-0.15, -0.1) is 0 Å². The summed E-state index contributed by atoms with van der Waals surface area (Å²) in [4.78, 5) is 16.8. The number of hydrogen-bond acceptors (Lipinski definition) is 3. The van der Waals surface area contributed by atoms with Gasteiger partial charge in [-0.05, 0) is 41.0 Å². The second-order valence-corrected chi connectivity index (χ2v) is 6.49. The van der Waals surface area contributed by atoms with Gasteiger partial charge in [-0.3, -0.25) is 9.69 Å². The monoisotopic (exact) mass is 391 g/mol. The lowest BCUT2D eigenvalue weighted by molar-refractivity contribution is -0.114. The molecule has 1 unspecified atom stereocenters. The molecule has 3 rings (SSSR count). The first kappa shape index (κ1) is 20.1. The lowest BCUT2D eigenvalue weighted by Gasteiger charge is -2.18. The topological polar surface area (TPSA) is 67.9 Å². The fraction of sp³-hybridized carbons (Fsp3) is 0.130. The van der Waals surface area contributed by atoms with Gasteiger partial charge in [-0.2, -0.15) is 0 Å². The van der Waals surface area contributed by atoms with Crippen LogP contribution in [-0.2, 0) is 4.79 Å². The van der Waals surface area contributed by atoms with Crippen LogP contribution in [0, 0.1) is 5.82 Å². The third-order valence-electron chi connectivity index (χ3n) is 4.58. The molecule has 5 nitrogen and oxygen atoms in total. The van der Waals surface area contributed by atoms with Gasteiger partial charge in [0.15, 0.2) is 5.96 Å². The minimum atomic E-state index is -0.497. The van der Waals surface area contributed by atoms with Crippen molar-refractivity contribution in [3.8, 4) is 16.9 Å². The summed E-state index contributed by atoms with van der Waals surface area (Å²) < 4.78 is 19.9. The molecule has 0 bridgehead atoms. The normalized spacial score (nSPS) is 12.3. The van der Waals surface area contributed by atoms with Crippen molar-refractivity contribution < 1.29 is 13.9 Å². The van der Waals surface area contributed by atoms with Crippen LogP contribution < -0.4 is 10.5 Å². The fourth-order valence-corrected chi connectivity index (χ4v) is 2.98. The Balaban J connectivity index is 2.12. The zero-order valence-electron chi connectivity index (χ0n) is 16.2. The number of benzene rings is 3. The number of amides is 1. The molecule has 0 aliphatic rings. The molecule has 0 spiro atoms. The number of nitrogens with zero attached hydrogens (tertiary/aromatic N) is 2. The molecule has 148 valence electrons. The van der Waals surface area contributed by atoms with Crippen molar-refractivity contribution in [2.45, 2.75) is 6.04 Å². The fourth-order valence-electron chi connectivity index (χ4n) is 2.98. The molecule has 0 heterocycles. The molecular weight excluding hydrogens is 369 g/mol. The third kappa shape index (κ3) is 4.60. The summed E-state index contributed by atoms with van der Waals surface area (Å²) in [5.74, 6) is 0.360. The van der Waals surface area contributed by atoms with Gasteiger partial charge in [-0.1, -0.05) is 48.5 Å². The number of ether oxygens (including phenoxy) is 1. The van der Waals surface area contributed by atoms with Gasteiger partial charge in [-0.25, -0.2) is 9.38 Å². The second kappa shape index (κ2) is 9.01. The van der Waals surface area contributed by atoms with Crippen molar-refractivity contribution >= 4 is 12.4 Å². The lowest BCUT2D eigenvalue weighted by Crippen LogP contribution is -2.33. The van der Waals surface area contributed by atoms with Crippen LogP contribution in [0.3, 0.4) is 0 Å². The van der Waals surface area contributed by atoms with Crippen molar-refractivity contribution in [3.05, 3.63) is 89.7 Å². The molecule has 0 fully saturated rings. The van der Waals surface area contributed by atoms with Crippen LogP contribution in [0.2, 0.25) is 0 Å². The maximum Gasteiger partial charge on any atom is 0.216 e. The summed E-state index contributed by atoms with van der Waals surface area (Å²) in [5, 5.41) is 0. The minimum Gasteiger partial charge on any atom is -0.497 e. The number of guanidine groups is 1. The highest BCUT2D eigenvalue weighted by atomic mass is 19.1. The second-order valence-electron chi connectivity index (χ2n) is 6.49. The van der Waals surface area contributed by atoms with Crippen LogP contribution >= 0.6 is 0 Å². The number of carbonyl (C=O) groups excluding carboxylic acids is 1. The largest absolute Gasteiger partial charge is 0.497 e. The molecule has 2 N–H and O–H groups in total. The van der Waals surface area contributed by atoms with E-state index in [0.717, 1.165) is 11.1 Å². The summed E-state index contributed by atoms with van der Waals surface area (Å²) in [6.45, 7) is 0. The first-order valence-corrected chi connectivity index (χ1v) is 9.03. The average molecular weight is 391 g/mol. The Morgan fingerprint density at radius 3 is 2.52 bits per heavy atom. The predicted molar refractivity (Wildman–Crippen MR) is 112 cm³/mol. The van der Waals surface area contributed by atoms with Crippen molar-refractivity contribution in [3.63, 3.8) is 0 Å². The smallest absolute Gasteiger partial charge is 0.216 e. The van der Waals surface area contributed by atoms with Crippen LogP contribution in [0.25, 0.3) is 11.1 Å². The summed E-state index contributed by atoms with van der Waals surface area (Å²) in [7, 11) is 3.10. The summed E-state index contributed by atoms with van der Waals surface area (Å²) in [5.41, 5.74) is 8.72. The van der Waals surface area contributed by atoms with Gasteiger partial charge in [0.25, 0.3) is 0 Å². The van der Waals surface area contributed by atoms with E-state index in [1.54, 1.807) is 31.4 Å². The molecule has 0 aromatic heterocycles. The van der Waals surface area contributed by atoms with E-state index < -0.39 is 6.04 Å². The number of nitrogens with two attached hydrogens (primary N) is 1. The minimum absolute atomic E-state index is 0.0705. The maximum absolute atomic E-state index is 14.6. The number of halogens is 1. The Morgan fingerprint density at radius 1 is 1.07 bits per heavy atom. The summed E-state index contributed by atoms with van der Waals surface area (Å²) >= 11 is 0. The number of hydrogen-bond donors (Lipinski definition) is 1. The first-order chi connectivity index (χ1) is 14.0. The van der Waals surface area contributed by atoms with Gasteiger partial charge in [0.2, 0.25) is 6.41 Å². The van der Waals surface area contributed by atoms with Crippen molar-refractivity contribution in [2.24, 2.45) is 10.7 Å². The molecular formula is C23H22FN3O2. The van der Waals surface area contributed by atoms with E-state index in [1.807, 2.05) is 42.5 Å². The van der Waals surface area contributed by atoms with E-state index in [-0.39, 0.29) is 11.8 Å². The number of methoxy groups -OCH3 is 1. The Bertz CT molecular complexity index is 1020. The van der Waals surface area contributed by atoms with Gasteiger partial charge in [0, 0.05) is 12.6 Å². The van der Waals surface area contributed by atoms with E-state index >= 15 is 0 Å². The SMILES string of the molecule is COc1cccc(-c2cc(C(N=C(N)N(C)C=O)c3ccccc3)ccc2F)c1. The van der Waals surface area contributed by atoms with Crippen molar-refractivity contribution in [1.82, 2.24) is 4.90 Å². The van der Waals surface area contributed by atoms with Gasteiger partial charge in [0.1, 0.15) is 17.6 Å².